The molecule has 0 spiro atoms. The average molecular weight is 469 g/mol. The van der Waals surface area contributed by atoms with E-state index in [9.17, 15) is 14.4 Å². The number of nitrogens with one attached hydrogen (secondary N) is 1. The molecule has 0 atom stereocenters. The first-order valence-electron chi connectivity index (χ1n) is 10.5. The fourth-order valence-electron chi connectivity index (χ4n) is 2.99. The molecule has 2 heterocycles. The Morgan fingerprint density at radius 2 is 1.82 bits per heavy atom. The van der Waals surface area contributed by atoms with Crippen molar-refractivity contribution < 1.29 is 24.0 Å². The Morgan fingerprint density at radius 1 is 1.09 bits per heavy atom. The molecule has 0 fully saturated rings. The van der Waals surface area contributed by atoms with Gasteiger partial charge in [-0.05, 0) is 50.6 Å². The Labute approximate surface area is 197 Å². The second kappa shape index (κ2) is 9.87. The molecule has 0 aliphatic rings. The number of anilines is 1. The number of carbonyl (C=O) groups excluding carboxylic acids is 3. The molecule has 0 aliphatic heterocycles. The van der Waals surface area contributed by atoms with Crippen molar-refractivity contribution in [2.24, 2.45) is 0 Å². The number of pyridine rings is 1. The van der Waals surface area contributed by atoms with E-state index in [4.69, 9.17) is 9.57 Å². The predicted molar refractivity (Wildman–Crippen MR) is 125 cm³/mol. The van der Waals surface area contributed by atoms with Crippen molar-refractivity contribution in [3.8, 4) is 11.1 Å². The maximum absolute atomic E-state index is 12.4. The summed E-state index contributed by atoms with van der Waals surface area (Å²) in [5.74, 6) is -0.629. The van der Waals surface area contributed by atoms with E-state index in [0.29, 0.717) is 11.2 Å². The quantitative estimate of drug-likeness (QED) is 0.553. The van der Waals surface area contributed by atoms with Gasteiger partial charge in [-0.3, -0.25) is 19.7 Å². The Bertz CT molecular complexity index is 1220. The highest BCUT2D eigenvalue weighted by Crippen LogP contribution is 2.22. The molecule has 11 nitrogen and oxygen atoms in total. The summed E-state index contributed by atoms with van der Waals surface area (Å²) in [6, 6.07) is 10.7. The summed E-state index contributed by atoms with van der Waals surface area (Å²) < 4.78 is 6.76. The maximum Gasteiger partial charge on any atom is 0.410 e. The number of rotatable bonds is 6. The van der Waals surface area contributed by atoms with E-state index < -0.39 is 17.6 Å². The van der Waals surface area contributed by atoms with Crippen LogP contribution in [0.3, 0.4) is 0 Å². The third kappa shape index (κ3) is 6.07. The standard InChI is InChI=1S/C23H28N6O5/c1-23(2,3)34-22(32)27(4)14-19(30)25-21-24-18-11-10-17(13-29(18)26-21)15-8-7-9-16(12-15)20(31)28(5)33-6/h7-13H,14H2,1-6H3,(H,25,26,30). The molecule has 0 unspecified atom stereocenters. The van der Waals surface area contributed by atoms with Gasteiger partial charge in [0.25, 0.3) is 5.91 Å². The third-order valence-corrected chi connectivity index (χ3v) is 4.67. The number of hydrogen-bond acceptors (Lipinski definition) is 7. The Morgan fingerprint density at radius 3 is 2.50 bits per heavy atom. The van der Waals surface area contributed by atoms with Crippen LogP contribution in [0.5, 0.6) is 0 Å². The molecule has 3 amide bonds. The van der Waals surface area contributed by atoms with Crippen LogP contribution in [0.1, 0.15) is 31.1 Å². The van der Waals surface area contributed by atoms with E-state index in [1.54, 1.807) is 51.2 Å². The van der Waals surface area contributed by atoms with Crippen LogP contribution in [-0.4, -0.2) is 75.8 Å². The average Bonchev–Trinajstić information content (AvgIpc) is 3.18. The topological polar surface area (TPSA) is 118 Å². The summed E-state index contributed by atoms with van der Waals surface area (Å²) in [6.45, 7) is 5.03. The number of amides is 3. The van der Waals surface area contributed by atoms with Crippen LogP contribution in [0.25, 0.3) is 16.8 Å². The van der Waals surface area contributed by atoms with Crippen LogP contribution in [0.4, 0.5) is 10.7 Å². The van der Waals surface area contributed by atoms with Gasteiger partial charge in [0, 0.05) is 31.4 Å². The van der Waals surface area contributed by atoms with E-state index in [1.165, 1.54) is 30.6 Å². The number of likely N-dealkylation sites (N-methyl/N-ethyl adjacent to an activating group) is 1. The van der Waals surface area contributed by atoms with Crippen molar-refractivity contribution in [3.63, 3.8) is 0 Å². The highest BCUT2D eigenvalue weighted by atomic mass is 16.7. The third-order valence-electron chi connectivity index (χ3n) is 4.67. The number of nitrogens with zero attached hydrogens (tertiary/aromatic N) is 5. The number of benzene rings is 1. The number of hydrogen-bond donors (Lipinski definition) is 1. The van der Waals surface area contributed by atoms with Crippen LogP contribution in [0.2, 0.25) is 0 Å². The molecule has 1 N–H and O–H groups in total. The minimum absolute atomic E-state index is 0.102. The molecule has 0 radical (unpaired) electrons. The van der Waals surface area contributed by atoms with Crippen LogP contribution in [0, 0.1) is 0 Å². The molecule has 11 heteroatoms. The number of hydroxylamine groups is 2. The zero-order valence-corrected chi connectivity index (χ0v) is 20.0. The molecule has 1 aromatic carbocycles. The maximum atomic E-state index is 12.4. The molecule has 3 aromatic rings. The molecule has 0 saturated heterocycles. The van der Waals surface area contributed by atoms with Crippen LogP contribution >= 0.6 is 0 Å². The van der Waals surface area contributed by atoms with Gasteiger partial charge in [0.2, 0.25) is 11.9 Å². The van der Waals surface area contributed by atoms with Crippen LogP contribution in [-0.2, 0) is 14.4 Å². The number of fused-ring (bicyclic) bond motifs is 1. The summed E-state index contributed by atoms with van der Waals surface area (Å²) in [5.41, 5.74) is 1.94. The number of carbonyl (C=O) groups is 3. The van der Waals surface area contributed by atoms with Gasteiger partial charge in [0.1, 0.15) is 12.1 Å². The summed E-state index contributed by atoms with van der Waals surface area (Å²) in [7, 11) is 4.43. The van der Waals surface area contributed by atoms with Crippen molar-refractivity contribution in [3.05, 3.63) is 48.2 Å². The first-order valence-corrected chi connectivity index (χ1v) is 10.5. The molecular weight excluding hydrogens is 440 g/mol. The lowest BCUT2D eigenvalue weighted by atomic mass is 10.0. The van der Waals surface area contributed by atoms with Crippen molar-refractivity contribution in [2.45, 2.75) is 26.4 Å². The largest absolute Gasteiger partial charge is 0.444 e. The first kappa shape index (κ1) is 24.6. The van der Waals surface area contributed by atoms with Gasteiger partial charge in [-0.15, -0.1) is 5.10 Å². The van der Waals surface area contributed by atoms with Crippen molar-refractivity contribution in [1.82, 2.24) is 24.6 Å². The molecule has 34 heavy (non-hydrogen) atoms. The van der Waals surface area contributed by atoms with Gasteiger partial charge >= 0.3 is 6.09 Å². The van der Waals surface area contributed by atoms with Gasteiger partial charge in [0.15, 0.2) is 5.65 Å². The van der Waals surface area contributed by atoms with E-state index in [0.717, 1.165) is 16.2 Å². The van der Waals surface area contributed by atoms with Crippen molar-refractivity contribution in [2.75, 3.05) is 33.1 Å². The molecule has 180 valence electrons. The molecule has 0 saturated carbocycles. The van der Waals surface area contributed by atoms with E-state index in [2.05, 4.69) is 15.4 Å². The van der Waals surface area contributed by atoms with Gasteiger partial charge < -0.3 is 9.64 Å². The zero-order valence-electron chi connectivity index (χ0n) is 20.0. The fourth-order valence-corrected chi connectivity index (χ4v) is 2.99. The van der Waals surface area contributed by atoms with Crippen molar-refractivity contribution >= 4 is 29.5 Å². The van der Waals surface area contributed by atoms with Gasteiger partial charge in [-0.25, -0.2) is 14.4 Å². The van der Waals surface area contributed by atoms with E-state index in [-0.39, 0.29) is 18.4 Å². The highest BCUT2D eigenvalue weighted by Gasteiger charge is 2.21. The fraction of sp³-hybridized carbons (Fsp3) is 0.348. The second-order valence-corrected chi connectivity index (χ2v) is 8.61. The molecule has 0 bridgehead atoms. The summed E-state index contributed by atoms with van der Waals surface area (Å²) >= 11 is 0. The normalized spacial score (nSPS) is 11.2. The first-order chi connectivity index (χ1) is 16.0. The van der Waals surface area contributed by atoms with Crippen LogP contribution in [0.15, 0.2) is 42.6 Å². The highest BCUT2D eigenvalue weighted by molar-refractivity contribution is 5.95. The molecule has 3 rings (SSSR count). The summed E-state index contributed by atoms with van der Waals surface area (Å²) in [4.78, 5) is 47.2. The monoisotopic (exact) mass is 468 g/mol. The number of ether oxygens (including phenoxy) is 1. The Kier molecular flexibility index (Phi) is 7.16. The minimum atomic E-state index is -0.658. The lowest BCUT2D eigenvalue weighted by Crippen LogP contribution is -2.38. The van der Waals surface area contributed by atoms with Crippen molar-refractivity contribution in [1.29, 1.82) is 0 Å². The number of aromatic nitrogens is 3. The lowest BCUT2D eigenvalue weighted by molar-refractivity contribution is -0.117. The summed E-state index contributed by atoms with van der Waals surface area (Å²) in [6.07, 6.45) is 1.14. The van der Waals surface area contributed by atoms with E-state index in [1.807, 2.05) is 12.1 Å². The van der Waals surface area contributed by atoms with Gasteiger partial charge in [-0.1, -0.05) is 12.1 Å². The van der Waals surface area contributed by atoms with Gasteiger partial charge in [-0.2, -0.15) is 4.98 Å². The van der Waals surface area contributed by atoms with E-state index >= 15 is 0 Å². The molecule has 2 aromatic heterocycles. The zero-order chi connectivity index (χ0) is 25.0. The smallest absolute Gasteiger partial charge is 0.410 e. The predicted octanol–water partition coefficient (Wildman–Crippen LogP) is 2.84. The molecule has 0 aliphatic carbocycles. The molecular formula is C23H28N6O5. The summed E-state index contributed by atoms with van der Waals surface area (Å²) in [5, 5.41) is 8.03. The minimum Gasteiger partial charge on any atom is -0.444 e. The second-order valence-electron chi connectivity index (χ2n) is 8.61. The van der Waals surface area contributed by atoms with Crippen LogP contribution < -0.4 is 5.32 Å². The SMILES string of the molecule is CON(C)C(=O)c1cccc(-c2ccc3nc(NC(=O)CN(C)C(=O)OC(C)(C)C)nn3c2)c1. The Hall–Kier alpha value is -3.99. The van der Waals surface area contributed by atoms with Gasteiger partial charge in [0.05, 0.1) is 7.11 Å². The lowest BCUT2D eigenvalue weighted by Gasteiger charge is -2.24. The Balaban J connectivity index is 1.73.